The quantitative estimate of drug-likeness (QED) is 0.442. The van der Waals surface area contributed by atoms with Crippen LogP contribution in [0.2, 0.25) is 0 Å². The maximum atomic E-state index is 10.6. The summed E-state index contributed by atoms with van der Waals surface area (Å²) in [6.07, 6.45) is 4.97. The van der Waals surface area contributed by atoms with E-state index in [0.717, 1.165) is 27.5 Å². The highest BCUT2D eigenvalue weighted by molar-refractivity contribution is 6.05. The zero-order chi connectivity index (χ0) is 17.1. The number of hydrogen-bond acceptors (Lipinski definition) is 5. The van der Waals surface area contributed by atoms with Gasteiger partial charge in [0.25, 0.3) is 0 Å². The van der Waals surface area contributed by atoms with E-state index in [1.807, 2.05) is 32.0 Å². The zero-order valence-corrected chi connectivity index (χ0v) is 13.2. The number of pyridine rings is 3. The third kappa shape index (κ3) is 2.67. The molecule has 0 amide bonds. The topological polar surface area (TPSA) is 97.6 Å². The predicted octanol–water partition coefficient (Wildman–Crippen LogP) is 4.11. The molecule has 24 heavy (non-hydrogen) atoms. The monoisotopic (exact) mass is 321 g/mol. The second-order valence-electron chi connectivity index (χ2n) is 4.80. The summed E-state index contributed by atoms with van der Waals surface area (Å²) in [4.78, 5) is 25.9. The first-order valence-corrected chi connectivity index (χ1v) is 7.55. The number of nitro groups is 1. The SMILES string of the molecule is CC.O=[N+]([O-])c1ccc(-c2ccc3c(n2)[nH]c2ccncc23)cn1. The van der Waals surface area contributed by atoms with Gasteiger partial charge in [0.1, 0.15) is 11.8 Å². The van der Waals surface area contributed by atoms with E-state index in [2.05, 4.69) is 19.9 Å². The van der Waals surface area contributed by atoms with Crippen LogP contribution < -0.4 is 0 Å². The highest BCUT2D eigenvalue weighted by atomic mass is 16.6. The maximum absolute atomic E-state index is 10.6. The maximum Gasteiger partial charge on any atom is 0.363 e. The van der Waals surface area contributed by atoms with Gasteiger partial charge in [0, 0.05) is 34.8 Å². The summed E-state index contributed by atoms with van der Waals surface area (Å²) in [6.45, 7) is 4.00. The summed E-state index contributed by atoms with van der Waals surface area (Å²) in [7, 11) is 0. The lowest BCUT2D eigenvalue weighted by Crippen LogP contribution is -1.92. The number of fused-ring (bicyclic) bond motifs is 3. The number of aromatic nitrogens is 4. The molecule has 120 valence electrons. The van der Waals surface area contributed by atoms with Gasteiger partial charge in [-0.3, -0.25) is 4.98 Å². The minimum atomic E-state index is -0.523. The Kier molecular flexibility index (Phi) is 4.15. The largest absolute Gasteiger partial charge is 0.363 e. The van der Waals surface area contributed by atoms with Crippen LogP contribution in [0, 0.1) is 10.1 Å². The van der Waals surface area contributed by atoms with Gasteiger partial charge in [-0.2, -0.15) is 0 Å². The lowest BCUT2D eigenvalue weighted by atomic mass is 10.1. The Hall–Kier alpha value is -3.35. The van der Waals surface area contributed by atoms with Crippen molar-refractivity contribution >= 4 is 27.8 Å². The van der Waals surface area contributed by atoms with Crippen LogP contribution in [-0.4, -0.2) is 24.9 Å². The van der Waals surface area contributed by atoms with Crippen LogP contribution in [-0.2, 0) is 0 Å². The van der Waals surface area contributed by atoms with E-state index in [1.165, 1.54) is 12.3 Å². The van der Waals surface area contributed by atoms with Gasteiger partial charge in [-0.05, 0) is 34.2 Å². The van der Waals surface area contributed by atoms with Crippen molar-refractivity contribution in [1.82, 2.24) is 19.9 Å². The Morgan fingerprint density at radius 3 is 2.58 bits per heavy atom. The number of hydrogen-bond donors (Lipinski definition) is 1. The van der Waals surface area contributed by atoms with Crippen molar-refractivity contribution in [3.05, 3.63) is 59.0 Å². The molecule has 0 atom stereocenters. The van der Waals surface area contributed by atoms with Crippen molar-refractivity contribution in [2.75, 3.05) is 0 Å². The molecule has 4 aromatic heterocycles. The van der Waals surface area contributed by atoms with Gasteiger partial charge in [0.2, 0.25) is 0 Å². The van der Waals surface area contributed by atoms with Crippen LogP contribution in [0.4, 0.5) is 5.82 Å². The van der Waals surface area contributed by atoms with E-state index in [0.29, 0.717) is 5.69 Å². The van der Waals surface area contributed by atoms with Crippen molar-refractivity contribution in [3.63, 3.8) is 0 Å². The Balaban J connectivity index is 0.000000815. The van der Waals surface area contributed by atoms with E-state index >= 15 is 0 Å². The van der Waals surface area contributed by atoms with E-state index in [1.54, 1.807) is 18.5 Å². The molecule has 4 aromatic rings. The zero-order valence-electron chi connectivity index (χ0n) is 13.2. The van der Waals surface area contributed by atoms with Crippen LogP contribution in [0.15, 0.2) is 48.9 Å². The molecule has 0 bridgehead atoms. The van der Waals surface area contributed by atoms with Crippen molar-refractivity contribution in [2.45, 2.75) is 13.8 Å². The molecule has 7 heteroatoms. The van der Waals surface area contributed by atoms with Gasteiger partial charge < -0.3 is 15.1 Å². The van der Waals surface area contributed by atoms with Crippen molar-refractivity contribution < 1.29 is 4.92 Å². The number of aromatic amines is 1. The molecule has 0 aliphatic carbocycles. The minimum absolute atomic E-state index is 0.179. The average molecular weight is 321 g/mol. The molecular formula is C17H15N5O2. The number of nitrogens with one attached hydrogen (secondary N) is 1. The Morgan fingerprint density at radius 1 is 1.04 bits per heavy atom. The third-order valence-corrected chi connectivity index (χ3v) is 3.49. The molecule has 0 aliphatic heterocycles. The first-order valence-electron chi connectivity index (χ1n) is 7.55. The number of H-pyrrole nitrogens is 1. The molecule has 0 aliphatic rings. The molecule has 4 rings (SSSR count). The number of nitrogens with zero attached hydrogens (tertiary/aromatic N) is 4. The van der Waals surface area contributed by atoms with Gasteiger partial charge in [0.05, 0.1) is 11.2 Å². The highest BCUT2D eigenvalue weighted by Gasteiger charge is 2.11. The number of rotatable bonds is 2. The normalized spacial score (nSPS) is 10.4. The average Bonchev–Trinajstić information content (AvgIpc) is 3.01. The molecule has 1 N–H and O–H groups in total. The molecule has 4 heterocycles. The van der Waals surface area contributed by atoms with Crippen LogP contribution >= 0.6 is 0 Å². The van der Waals surface area contributed by atoms with Gasteiger partial charge in [-0.25, -0.2) is 4.98 Å². The van der Waals surface area contributed by atoms with Gasteiger partial charge in [-0.1, -0.05) is 13.8 Å². The summed E-state index contributed by atoms with van der Waals surface area (Å²) in [6, 6.07) is 8.73. The molecule has 0 spiro atoms. The standard InChI is InChI=1S/C15H9N5O2.C2H6/c21-20(22)14-4-1-9(7-17-14)12-3-2-10-11-8-16-6-5-13(11)19-15(10)18-12;1-2/h1-8H,(H,18,19);1-2H3. The molecule has 0 saturated heterocycles. The molecule has 7 nitrogen and oxygen atoms in total. The summed E-state index contributed by atoms with van der Waals surface area (Å²) in [5.41, 5.74) is 3.15. The van der Waals surface area contributed by atoms with Crippen molar-refractivity contribution in [1.29, 1.82) is 0 Å². The highest BCUT2D eigenvalue weighted by Crippen LogP contribution is 2.26. The third-order valence-electron chi connectivity index (χ3n) is 3.49. The fourth-order valence-corrected chi connectivity index (χ4v) is 2.42. The predicted molar refractivity (Wildman–Crippen MR) is 92.6 cm³/mol. The van der Waals surface area contributed by atoms with Crippen molar-refractivity contribution in [2.24, 2.45) is 0 Å². The van der Waals surface area contributed by atoms with E-state index < -0.39 is 4.92 Å². The lowest BCUT2D eigenvalue weighted by Gasteiger charge is -1.99. The first-order chi connectivity index (χ1) is 11.7. The molecule has 0 saturated carbocycles. The van der Waals surface area contributed by atoms with Gasteiger partial charge in [0.15, 0.2) is 0 Å². The summed E-state index contributed by atoms with van der Waals surface area (Å²) >= 11 is 0. The van der Waals surface area contributed by atoms with E-state index in [-0.39, 0.29) is 5.82 Å². The molecule has 0 unspecified atom stereocenters. The Morgan fingerprint density at radius 2 is 1.88 bits per heavy atom. The summed E-state index contributed by atoms with van der Waals surface area (Å²) in [5.74, 6) is -0.179. The van der Waals surface area contributed by atoms with Gasteiger partial charge in [-0.15, -0.1) is 0 Å². The second-order valence-corrected chi connectivity index (χ2v) is 4.80. The minimum Gasteiger partial charge on any atom is -0.358 e. The van der Waals surface area contributed by atoms with Crippen molar-refractivity contribution in [3.8, 4) is 11.3 Å². The Labute approximate surface area is 137 Å². The fourth-order valence-electron chi connectivity index (χ4n) is 2.42. The first kappa shape index (κ1) is 15.5. The van der Waals surface area contributed by atoms with E-state index in [4.69, 9.17) is 0 Å². The summed E-state index contributed by atoms with van der Waals surface area (Å²) in [5, 5.41) is 12.6. The molecule has 0 aromatic carbocycles. The molecular weight excluding hydrogens is 306 g/mol. The van der Waals surface area contributed by atoms with Crippen LogP contribution in [0.1, 0.15) is 13.8 Å². The smallest absolute Gasteiger partial charge is 0.358 e. The Bertz CT molecular complexity index is 1010. The second kappa shape index (κ2) is 6.41. The molecule has 0 radical (unpaired) electrons. The lowest BCUT2D eigenvalue weighted by molar-refractivity contribution is -0.389. The fraction of sp³-hybridized carbons (Fsp3) is 0.118. The van der Waals surface area contributed by atoms with Gasteiger partial charge >= 0.3 is 5.82 Å². The molecule has 0 fully saturated rings. The van der Waals surface area contributed by atoms with Crippen LogP contribution in [0.3, 0.4) is 0 Å². The summed E-state index contributed by atoms with van der Waals surface area (Å²) < 4.78 is 0. The van der Waals surface area contributed by atoms with E-state index in [9.17, 15) is 10.1 Å². The van der Waals surface area contributed by atoms with Crippen LogP contribution in [0.25, 0.3) is 33.2 Å². The van der Waals surface area contributed by atoms with Crippen LogP contribution in [0.5, 0.6) is 0 Å².